The summed E-state index contributed by atoms with van der Waals surface area (Å²) < 4.78 is 35.2. The molecule has 7 heteroatoms. The van der Waals surface area contributed by atoms with Crippen LogP contribution in [0.5, 0.6) is 0 Å². The SMILES string of the molecule is CC(=O)OC(CCc1ccccc1)OP(=O)(OC(C)(C)C)OC(C)(C)C. The van der Waals surface area contributed by atoms with E-state index in [1.807, 2.05) is 30.3 Å². The van der Waals surface area contributed by atoms with E-state index >= 15 is 0 Å². The summed E-state index contributed by atoms with van der Waals surface area (Å²) in [6.45, 7) is 11.8. The van der Waals surface area contributed by atoms with E-state index in [4.69, 9.17) is 18.3 Å². The lowest BCUT2D eigenvalue weighted by Gasteiger charge is -2.32. The van der Waals surface area contributed by atoms with Gasteiger partial charge in [-0.1, -0.05) is 30.3 Å². The summed E-state index contributed by atoms with van der Waals surface area (Å²) in [6.07, 6.45) is -0.124. The number of aryl methyl sites for hydroxylation is 1. The van der Waals surface area contributed by atoms with Crippen molar-refractivity contribution in [3.63, 3.8) is 0 Å². The fourth-order valence-corrected chi connectivity index (χ4v) is 4.03. The molecule has 1 rings (SSSR count). The van der Waals surface area contributed by atoms with Crippen molar-refractivity contribution in [1.82, 2.24) is 0 Å². The van der Waals surface area contributed by atoms with Crippen LogP contribution in [-0.2, 0) is 34.1 Å². The lowest BCUT2D eigenvalue weighted by Crippen LogP contribution is -2.28. The highest BCUT2D eigenvalue weighted by atomic mass is 31.2. The molecule has 0 radical (unpaired) electrons. The minimum Gasteiger partial charge on any atom is -0.435 e. The standard InChI is InChI=1S/C19H31O6P/c1-15(20)22-17(14-13-16-11-9-8-10-12-16)23-26(21,24-18(2,3)4)25-19(5,6)7/h8-12,17H,13-14H2,1-7H3. The number of rotatable bonds is 8. The van der Waals surface area contributed by atoms with Gasteiger partial charge < -0.3 is 4.74 Å². The Balaban J connectivity index is 2.94. The van der Waals surface area contributed by atoms with Gasteiger partial charge in [0.25, 0.3) is 0 Å². The molecule has 0 spiro atoms. The second kappa shape index (κ2) is 9.14. The van der Waals surface area contributed by atoms with Crippen molar-refractivity contribution in [2.45, 2.75) is 78.8 Å². The zero-order chi connectivity index (χ0) is 20.0. The van der Waals surface area contributed by atoms with E-state index < -0.39 is 31.3 Å². The van der Waals surface area contributed by atoms with Gasteiger partial charge in [-0.15, -0.1) is 0 Å². The Hall–Kier alpha value is -1.20. The number of esters is 1. The van der Waals surface area contributed by atoms with Crippen LogP contribution in [0.4, 0.5) is 0 Å². The topological polar surface area (TPSA) is 71.1 Å². The maximum atomic E-state index is 13.2. The molecule has 0 N–H and O–H groups in total. The van der Waals surface area contributed by atoms with Crippen LogP contribution in [0.1, 0.15) is 60.5 Å². The van der Waals surface area contributed by atoms with E-state index in [-0.39, 0.29) is 0 Å². The minimum atomic E-state index is -3.97. The van der Waals surface area contributed by atoms with Crippen LogP contribution in [0.15, 0.2) is 30.3 Å². The lowest BCUT2D eigenvalue weighted by atomic mass is 10.1. The summed E-state index contributed by atoms with van der Waals surface area (Å²) in [4.78, 5) is 11.4. The van der Waals surface area contributed by atoms with E-state index in [0.29, 0.717) is 12.8 Å². The Morgan fingerprint density at radius 2 is 1.50 bits per heavy atom. The first-order valence-electron chi connectivity index (χ1n) is 8.69. The summed E-state index contributed by atoms with van der Waals surface area (Å²) in [5.74, 6) is -0.527. The molecule has 0 saturated carbocycles. The number of carbonyl (C=O) groups excluding carboxylic acids is 1. The number of hydrogen-bond donors (Lipinski definition) is 0. The molecule has 0 amide bonds. The molecule has 0 aromatic heterocycles. The predicted octanol–water partition coefficient (Wildman–Crippen LogP) is 5.26. The molecule has 0 bridgehead atoms. The summed E-state index contributed by atoms with van der Waals surface area (Å²) in [5, 5.41) is 0. The largest absolute Gasteiger partial charge is 0.478 e. The maximum Gasteiger partial charge on any atom is 0.478 e. The number of hydrogen-bond acceptors (Lipinski definition) is 6. The van der Waals surface area contributed by atoms with Gasteiger partial charge in [0, 0.05) is 13.3 Å². The van der Waals surface area contributed by atoms with Crippen molar-refractivity contribution >= 4 is 13.8 Å². The zero-order valence-electron chi connectivity index (χ0n) is 16.8. The fourth-order valence-electron chi connectivity index (χ4n) is 2.12. The van der Waals surface area contributed by atoms with Crippen LogP contribution >= 0.6 is 7.82 Å². The average Bonchev–Trinajstić information content (AvgIpc) is 2.40. The van der Waals surface area contributed by atoms with E-state index in [1.54, 1.807) is 41.5 Å². The van der Waals surface area contributed by atoms with Crippen LogP contribution < -0.4 is 0 Å². The van der Waals surface area contributed by atoms with Crippen LogP contribution in [0.2, 0.25) is 0 Å². The van der Waals surface area contributed by atoms with Gasteiger partial charge in [-0.05, 0) is 53.5 Å². The van der Waals surface area contributed by atoms with Gasteiger partial charge in [0.2, 0.25) is 6.29 Å². The third kappa shape index (κ3) is 10.1. The molecule has 1 aromatic rings. The Morgan fingerprint density at radius 3 is 1.92 bits per heavy atom. The highest BCUT2D eigenvalue weighted by Gasteiger charge is 2.40. The van der Waals surface area contributed by atoms with Crippen molar-refractivity contribution in [3.05, 3.63) is 35.9 Å². The van der Waals surface area contributed by atoms with E-state index in [9.17, 15) is 9.36 Å². The number of benzene rings is 1. The summed E-state index contributed by atoms with van der Waals surface area (Å²) in [5.41, 5.74) is -0.473. The Bertz CT molecular complexity index is 595. The van der Waals surface area contributed by atoms with Crippen LogP contribution in [0, 0.1) is 0 Å². The predicted molar refractivity (Wildman–Crippen MR) is 101 cm³/mol. The zero-order valence-corrected chi connectivity index (χ0v) is 17.7. The van der Waals surface area contributed by atoms with Crippen molar-refractivity contribution in [2.75, 3.05) is 0 Å². The molecule has 1 aromatic carbocycles. The fraction of sp³-hybridized carbons (Fsp3) is 0.632. The molecule has 0 aliphatic carbocycles. The summed E-state index contributed by atoms with van der Waals surface area (Å²) in [7, 11) is -3.97. The van der Waals surface area contributed by atoms with Crippen molar-refractivity contribution in [1.29, 1.82) is 0 Å². The molecule has 0 aliphatic heterocycles. The number of phosphoric acid groups is 1. The second-order valence-corrected chi connectivity index (χ2v) is 9.49. The van der Waals surface area contributed by atoms with Gasteiger partial charge in [0.15, 0.2) is 0 Å². The van der Waals surface area contributed by atoms with Crippen LogP contribution in [0.3, 0.4) is 0 Å². The number of ether oxygens (including phenoxy) is 1. The molecule has 148 valence electrons. The molecule has 0 heterocycles. The highest BCUT2D eigenvalue weighted by Crippen LogP contribution is 2.56. The van der Waals surface area contributed by atoms with E-state index in [2.05, 4.69) is 0 Å². The Morgan fingerprint density at radius 1 is 1.00 bits per heavy atom. The molecule has 6 nitrogen and oxygen atoms in total. The van der Waals surface area contributed by atoms with Crippen molar-refractivity contribution in [3.8, 4) is 0 Å². The third-order valence-electron chi connectivity index (χ3n) is 2.83. The van der Waals surface area contributed by atoms with Crippen LogP contribution in [-0.4, -0.2) is 23.5 Å². The van der Waals surface area contributed by atoms with Gasteiger partial charge in [0.05, 0.1) is 11.2 Å². The van der Waals surface area contributed by atoms with Gasteiger partial charge in [-0.3, -0.25) is 13.8 Å². The Kier molecular flexibility index (Phi) is 8.03. The van der Waals surface area contributed by atoms with Gasteiger partial charge in [0.1, 0.15) is 0 Å². The minimum absolute atomic E-state index is 0.328. The molecule has 0 aliphatic rings. The third-order valence-corrected chi connectivity index (χ3v) is 4.86. The molecule has 1 atom stereocenters. The second-order valence-electron chi connectivity index (χ2n) is 8.02. The summed E-state index contributed by atoms with van der Waals surface area (Å²) >= 11 is 0. The molecular formula is C19H31O6P. The maximum absolute atomic E-state index is 13.2. The average molecular weight is 386 g/mol. The molecular weight excluding hydrogens is 355 g/mol. The Labute approximate surface area is 156 Å². The van der Waals surface area contributed by atoms with Gasteiger partial charge in [-0.25, -0.2) is 9.09 Å². The monoisotopic (exact) mass is 386 g/mol. The first-order valence-corrected chi connectivity index (χ1v) is 10.2. The van der Waals surface area contributed by atoms with E-state index in [1.165, 1.54) is 6.92 Å². The highest BCUT2D eigenvalue weighted by molar-refractivity contribution is 7.48. The van der Waals surface area contributed by atoms with E-state index in [0.717, 1.165) is 5.56 Å². The van der Waals surface area contributed by atoms with Gasteiger partial charge in [-0.2, -0.15) is 0 Å². The molecule has 0 fully saturated rings. The molecule has 0 saturated heterocycles. The smallest absolute Gasteiger partial charge is 0.435 e. The van der Waals surface area contributed by atoms with Crippen LogP contribution in [0.25, 0.3) is 0 Å². The summed E-state index contributed by atoms with van der Waals surface area (Å²) in [6, 6.07) is 9.69. The number of carbonyl (C=O) groups is 1. The lowest BCUT2D eigenvalue weighted by molar-refractivity contribution is -0.166. The normalized spacial score (nSPS) is 14.1. The molecule has 26 heavy (non-hydrogen) atoms. The number of phosphoric ester groups is 1. The first-order chi connectivity index (χ1) is 11.8. The van der Waals surface area contributed by atoms with Gasteiger partial charge >= 0.3 is 13.8 Å². The molecule has 1 unspecified atom stereocenters. The van der Waals surface area contributed by atoms with Crippen molar-refractivity contribution in [2.24, 2.45) is 0 Å². The van der Waals surface area contributed by atoms with Crippen molar-refractivity contribution < 1.29 is 27.7 Å². The quantitative estimate of drug-likeness (QED) is 0.345. The first kappa shape index (κ1) is 22.8.